The van der Waals surface area contributed by atoms with Crippen LogP contribution in [0.2, 0.25) is 0 Å². The third-order valence-electron chi connectivity index (χ3n) is 4.66. The molecule has 0 aliphatic rings. The number of aromatic nitrogens is 3. The molecular weight excluding hydrogens is 446 g/mol. The molecule has 10 heteroatoms. The van der Waals surface area contributed by atoms with Gasteiger partial charge in [0.2, 0.25) is 16.3 Å². The maximum atomic E-state index is 10.7. The SMILES string of the molecule is Cc1c(O)c(=O)ccn1C.Cc1c(O)c(=O)ccn1C.Cc1c(O)c(=O)ccn1C.[Fe]. The molecule has 0 aliphatic heterocycles. The quantitative estimate of drug-likeness (QED) is 0.421. The summed E-state index contributed by atoms with van der Waals surface area (Å²) >= 11 is 0. The fourth-order valence-electron chi connectivity index (χ4n) is 2.15. The minimum absolute atomic E-state index is 0. The average molecular weight is 473 g/mol. The van der Waals surface area contributed by atoms with Gasteiger partial charge in [-0.2, -0.15) is 0 Å². The molecule has 0 aromatic carbocycles. The summed E-state index contributed by atoms with van der Waals surface area (Å²) in [4.78, 5) is 32.2. The molecule has 0 radical (unpaired) electrons. The molecule has 0 unspecified atom stereocenters. The fourth-order valence-corrected chi connectivity index (χ4v) is 2.15. The van der Waals surface area contributed by atoms with E-state index in [1.807, 2.05) is 0 Å². The fraction of sp³-hybridized carbons (Fsp3) is 0.286. The predicted molar refractivity (Wildman–Crippen MR) is 114 cm³/mol. The molecule has 3 aromatic heterocycles. The minimum atomic E-state index is -0.324. The van der Waals surface area contributed by atoms with Crippen LogP contribution in [0.5, 0.6) is 17.2 Å². The topological polar surface area (TPSA) is 127 Å². The maximum Gasteiger partial charge on any atom is 0.223 e. The van der Waals surface area contributed by atoms with E-state index in [-0.39, 0.29) is 50.6 Å². The van der Waals surface area contributed by atoms with Gasteiger partial charge in [-0.3, -0.25) is 14.4 Å². The van der Waals surface area contributed by atoms with Gasteiger partial charge in [-0.1, -0.05) is 0 Å². The number of nitrogens with zero attached hydrogens (tertiary/aromatic N) is 3. The van der Waals surface area contributed by atoms with Crippen molar-refractivity contribution in [1.82, 2.24) is 13.7 Å². The largest absolute Gasteiger partial charge is 0.503 e. The summed E-state index contributed by atoms with van der Waals surface area (Å²) in [5.41, 5.74) is 0.800. The molecule has 170 valence electrons. The van der Waals surface area contributed by atoms with Crippen LogP contribution in [0.25, 0.3) is 0 Å². The smallest absolute Gasteiger partial charge is 0.223 e. The maximum absolute atomic E-state index is 10.7. The summed E-state index contributed by atoms with van der Waals surface area (Å²) in [7, 11) is 5.32. The first-order chi connectivity index (χ1) is 13.9. The van der Waals surface area contributed by atoms with Crippen molar-refractivity contribution in [3.05, 3.63) is 84.5 Å². The van der Waals surface area contributed by atoms with Gasteiger partial charge in [-0.15, -0.1) is 0 Å². The van der Waals surface area contributed by atoms with E-state index in [9.17, 15) is 14.4 Å². The second kappa shape index (κ2) is 11.8. The monoisotopic (exact) mass is 473 g/mol. The molecule has 0 saturated heterocycles. The Balaban J connectivity index is 0.000000429. The Morgan fingerprint density at radius 2 is 0.742 bits per heavy atom. The number of aryl methyl sites for hydroxylation is 3. The Labute approximate surface area is 189 Å². The molecule has 9 nitrogen and oxygen atoms in total. The number of pyridine rings is 3. The van der Waals surface area contributed by atoms with Crippen molar-refractivity contribution >= 4 is 0 Å². The van der Waals surface area contributed by atoms with Crippen molar-refractivity contribution in [1.29, 1.82) is 0 Å². The molecule has 3 aromatic rings. The number of aromatic hydroxyl groups is 3. The molecule has 3 heterocycles. The summed E-state index contributed by atoms with van der Waals surface area (Å²) in [5.74, 6) is -0.486. The normalized spacial score (nSPS) is 9.48. The van der Waals surface area contributed by atoms with Crippen LogP contribution in [-0.4, -0.2) is 29.0 Å². The van der Waals surface area contributed by atoms with Gasteiger partial charge in [0.15, 0.2) is 17.2 Å². The molecule has 0 amide bonds. The van der Waals surface area contributed by atoms with Gasteiger partial charge in [0, 0.05) is 75.0 Å². The zero-order chi connectivity index (χ0) is 23.2. The van der Waals surface area contributed by atoms with E-state index in [0.29, 0.717) is 17.1 Å². The van der Waals surface area contributed by atoms with Gasteiger partial charge in [-0.25, -0.2) is 0 Å². The molecule has 0 atom stereocenters. The molecule has 0 spiro atoms. The van der Waals surface area contributed by atoms with Gasteiger partial charge in [-0.05, 0) is 20.8 Å². The zero-order valence-corrected chi connectivity index (χ0v) is 19.3. The van der Waals surface area contributed by atoms with E-state index in [0.717, 1.165) is 0 Å². The van der Waals surface area contributed by atoms with Gasteiger partial charge in [0.1, 0.15) is 0 Å². The average Bonchev–Trinajstić information content (AvgIpc) is 2.73. The van der Waals surface area contributed by atoms with Gasteiger partial charge in [0.05, 0.1) is 17.1 Å². The minimum Gasteiger partial charge on any atom is -0.503 e. The summed E-state index contributed by atoms with van der Waals surface area (Å²) in [6.45, 7) is 5.07. The molecule has 0 fully saturated rings. The molecule has 0 aliphatic carbocycles. The number of hydrogen-bond donors (Lipinski definition) is 3. The van der Waals surface area contributed by atoms with E-state index in [4.69, 9.17) is 15.3 Å². The molecule has 31 heavy (non-hydrogen) atoms. The van der Waals surface area contributed by atoms with Crippen LogP contribution in [0.4, 0.5) is 0 Å². The van der Waals surface area contributed by atoms with Crippen LogP contribution in [0.15, 0.2) is 51.2 Å². The molecule has 3 rings (SSSR count). The van der Waals surface area contributed by atoms with Gasteiger partial charge < -0.3 is 29.0 Å². The van der Waals surface area contributed by atoms with E-state index < -0.39 is 0 Å². The number of rotatable bonds is 0. The van der Waals surface area contributed by atoms with Crippen LogP contribution >= 0.6 is 0 Å². The Hall–Kier alpha value is -3.23. The first kappa shape index (κ1) is 27.8. The van der Waals surface area contributed by atoms with Crippen molar-refractivity contribution < 1.29 is 32.4 Å². The van der Waals surface area contributed by atoms with Crippen LogP contribution in [0.3, 0.4) is 0 Å². The van der Waals surface area contributed by atoms with Crippen molar-refractivity contribution in [3.8, 4) is 17.2 Å². The van der Waals surface area contributed by atoms with Crippen molar-refractivity contribution in [2.75, 3.05) is 0 Å². The Kier molecular flexibility index (Phi) is 10.6. The van der Waals surface area contributed by atoms with Gasteiger partial charge >= 0.3 is 0 Å². The predicted octanol–water partition coefficient (Wildman–Crippen LogP) is 1.20. The first-order valence-corrected chi connectivity index (χ1v) is 8.94. The summed E-state index contributed by atoms with van der Waals surface area (Å²) in [5, 5.41) is 27.2. The Morgan fingerprint density at radius 1 is 0.548 bits per heavy atom. The standard InChI is InChI=1S/3C7H9NO2.Fe/c3*1-5-7(10)6(9)3-4-8(5)2;/h3*3-4,10H,1-2H3;. The second-order valence-corrected chi connectivity index (χ2v) is 6.67. The molecule has 0 bridgehead atoms. The summed E-state index contributed by atoms with van der Waals surface area (Å²) in [6.07, 6.45) is 4.87. The second-order valence-electron chi connectivity index (χ2n) is 6.67. The zero-order valence-electron chi connectivity index (χ0n) is 18.2. The van der Waals surface area contributed by atoms with Crippen molar-refractivity contribution in [3.63, 3.8) is 0 Å². The summed E-state index contributed by atoms with van der Waals surface area (Å²) < 4.78 is 5.07. The number of hydrogen-bond acceptors (Lipinski definition) is 6. The van der Waals surface area contributed by atoms with Crippen molar-refractivity contribution in [2.45, 2.75) is 20.8 Å². The Morgan fingerprint density at radius 3 is 0.903 bits per heavy atom. The van der Waals surface area contributed by atoms with Crippen molar-refractivity contribution in [2.24, 2.45) is 21.1 Å². The first-order valence-electron chi connectivity index (χ1n) is 8.94. The molecular formula is C21H27FeN3O6. The summed E-state index contributed by atoms with van der Waals surface area (Å²) in [6, 6.07) is 4.01. The van der Waals surface area contributed by atoms with E-state index in [2.05, 4.69) is 0 Å². The third-order valence-corrected chi connectivity index (χ3v) is 4.66. The van der Waals surface area contributed by atoms with E-state index in [1.165, 1.54) is 18.2 Å². The molecule has 3 N–H and O–H groups in total. The van der Waals surface area contributed by atoms with E-state index in [1.54, 1.807) is 74.2 Å². The van der Waals surface area contributed by atoms with Crippen LogP contribution in [0.1, 0.15) is 17.1 Å². The van der Waals surface area contributed by atoms with Crippen LogP contribution in [0, 0.1) is 20.8 Å². The Bertz CT molecular complexity index is 1060. The van der Waals surface area contributed by atoms with Crippen LogP contribution in [-0.2, 0) is 38.2 Å². The van der Waals surface area contributed by atoms with E-state index >= 15 is 0 Å². The molecule has 0 saturated carbocycles. The van der Waals surface area contributed by atoms with Gasteiger partial charge in [0.25, 0.3) is 0 Å². The third kappa shape index (κ3) is 7.20. The van der Waals surface area contributed by atoms with Crippen LogP contribution < -0.4 is 16.3 Å².